The summed E-state index contributed by atoms with van der Waals surface area (Å²) in [4.78, 5) is 5.59. The van der Waals surface area contributed by atoms with Crippen molar-refractivity contribution in [3.05, 3.63) is 0 Å². The number of piperidine rings is 1. The van der Waals surface area contributed by atoms with Crippen molar-refractivity contribution < 1.29 is 0 Å². The van der Waals surface area contributed by atoms with Gasteiger partial charge in [0.25, 0.3) is 0 Å². The second kappa shape index (κ2) is 5.48. The van der Waals surface area contributed by atoms with Gasteiger partial charge in [-0.25, -0.2) is 0 Å². The summed E-state index contributed by atoms with van der Waals surface area (Å²) in [5, 5.41) is 3.55. The Bertz CT molecular complexity index is 281. The molecule has 2 aliphatic heterocycles. The van der Waals surface area contributed by atoms with E-state index in [-0.39, 0.29) is 0 Å². The fraction of sp³-hybridized carbons (Fsp3) is 1.00. The summed E-state index contributed by atoms with van der Waals surface area (Å²) >= 11 is 0. The van der Waals surface area contributed by atoms with Crippen molar-refractivity contribution in [2.24, 2.45) is 0 Å². The number of piperazine rings is 1. The second-order valence-corrected chi connectivity index (χ2v) is 6.58. The van der Waals surface area contributed by atoms with Crippen LogP contribution in [-0.2, 0) is 0 Å². The summed E-state index contributed by atoms with van der Waals surface area (Å²) in [6.07, 6.45) is 8.49. The molecule has 0 aromatic heterocycles. The van der Waals surface area contributed by atoms with Gasteiger partial charge < -0.3 is 5.32 Å². The first-order chi connectivity index (χ1) is 8.79. The van der Waals surface area contributed by atoms with E-state index >= 15 is 0 Å². The van der Waals surface area contributed by atoms with Gasteiger partial charge in [-0.3, -0.25) is 9.80 Å². The van der Waals surface area contributed by atoms with Crippen molar-refractivity contribution in [3.63, 3.8) is 0 Å². The molecule has 3 heteroatoms. The summed E-state index contributed by atoms with van der Waals surface area (Å²) in [6, 6.07) is 3.14. The van der Waals surface area contributed by atoms with Gasteiger partial charge in [-0.2, -0.15) is 0 Å². The van der Waals surface area contributed by atoms with Gasteiger partial charge in [0.05, 0.1) is 0 Å². The van der Waals surface area contributed by atoms with Crippen LogP contribution in [0.3, 0.4) is 0 Å². The van der Waals surface area contributed by atoms with E-state index in [1.807, 2.05) is 0 Å². The van der Waals surface area contributed by atoms with Crippen LogP contribution in [-0.4, -0.2) is 60.6 Å². The molecule has 2 heterocycles. The van der Waals surface area contributed by atoms with Gasteiger partial charge >= 0.3 is 0 Å². The van der Waals surface area contributed by atoms with Gasteiger partial charge in [0, 0.05) is 37.3 Å². The van der Waals surface area contributed by atoms with Crippen molar-refractivity contribution in [2.75, 3.05) is 26.7 Å². The molecule has 3 rings (SSSR count). The molecule has 3 aliphatic rings. The number of fused-ring (bicyclic) bond motifs is 1. The summed E-state index contributed by atoms with van der Waals surface area (Å²) in [5.41, 5.74) is 0. The van der Waals surface area contributed by atoms with Crippen LogP contribution >= 0.6 is 0 Å². The number of likely N-dealkylation sites (N-methyl/N-ethyl adjacent to an activating group) is 1. The third kappa shape index (κ3) is 2.33. The highest BCUT2D eigenvalue weighted by molar-refractivity contribution is 4.97. The van der Waals surface area contributed by atoms with E-state index in [4.69, 9.17) is 0 Å². The molecule has 1 N–H and O–H groups in total. The van der Waals surface area contributed by atoms with Crippen LogP contribution in [0.5, 0.6) is 0 Å². The summed E-state index contributed by atoms with van der Waals surface area (Å²) in [7, 11) is 2.14. The quantitative estimate of drug-likeness (QED) is 0.806. The molecule has 0 spiro atoms. The van der Waals surface area contributed by atoms with E-state index in [9.17, 15) is 0 Å². The lowest BCUT2D eigenvalue weighted by Gasteiger charge is -2.50. The van der Waals surface area contributed by atoms with Crippen LogP contribution < -0.4 is 5.32 Å². The van der Waals surface area contributed by atoms with Crippen LogP contribution in [0.15, 0.2) is 0 Å². The molecule has 4 unspecified atom stereocenters. The number of nitrogens with one attached hydrogen (secondary N) is 1. The minimum atomic E-state index is 0.739. The largest absolute Gasteiger partial charge is 0.315 e. The Morgan fingerprint density at radius 2 is 1.89 bits per heavy atom. The molecule has 0 radical (unpaired) electrons. The fourth-order valence-electron chi connectivity index (χ4n) is 4.51. The maximum atomic E-state index is 3.55. The van der Waals surface area contributed by atoms with E-state index < -0.39 is 0 Å². The molecule has 2 saturated heterocycles. The highest BCUT2D eigenvalue weighted by Gasteiger charge is 2.39. The monoisotopic (exact) mass is 251 g/mol. The zero-order valence-corrected chi connectivity index (χ0v) is 12.1. The standard InChI is InChI=1S/C15H29N3/c1-12-10-17-9-4-3-6-13(17)11-18(12)15-8-5-7-14(15)16-2/h12-16H,3-11H2,1-2H3. The average Bonchev–Trinajstić information content (AvgIpc) is 2.86. The molecular formula is C15H29N3. The van der Waals surface area contributed by atoms with Gasteiger partial charge in [-0.05, 0) is 46.2 Å². The van der Waals surface area contributed by atoms with Crippen LogP contribution in [0.25, 0.3) is 0 Å². The van der Waals surface area contributed by atoms with E-state index in [2.05, 4.69) is 29.1 Å². The van der Waals surface area contributed by atoms with Crippen molar-refractivity contribution in [3.8, 4) is 0 Å². The molecule has 18 heavy (non-hydrogen) atoms. The lowest BCUT2D eigenvalue weighted by atomic mass is 9.95. The van der Waals surface area contributed by atoms with Gasteiger partial charge in [-0.15, -0.1) is 0 Å². The highest BCUT2D eigenvalue weighted by Crippen LogP contribution is 2.31. The molecule has 3 fully saturated rings. The van der Waals surface area contributed by atoms with Crippen LogP contribution in [0.4, 0.5) is 0 Å². The predicted octanol–water partition coefficient (Wildman–Crippen LogP) is 1.69. The first kappa shape index (κ1) is 12.9. The number of rotatable bonds is 2. The maximum Gasteiger partial charge on any atom is 0.0253 e. The maximum absolute atomic E-state index is 3.55. The number of nitrogens with zero attached hydrogens (tertiary/aromatic N) is 2. The molecule has 0 aromatic rings. The molecule has 0 amide bonds. The topological polar surface area (TPSA) is 18.5 Å². The van der Waals surface area contributed by atoms with Gasteiger partial charge in [0.1, 0.15) is 0 Å². The lowest BCUT2D eigenvalue weighted by molar-refractivity contribution is -0.0114. The minimum absolute atomic E-state index is 0.739. The second-order valence-electron chi connectivity index (χ2n) is 6.58. The summed E-state index contributed by atoms with van der Waals surface area (Å²) < 4.78 is 0. The lowest BCUT2D eigenvalue weighted by Crippen LogP contribution is -2.63. The smallest absolute Gasteiger partial charge is 0.0253 e. The Labute approximate surface area is 112 Å². The summed E-state index contributed by atoms with van der Waals surface area (Å²) in [5.74, 6) is 0. The van der Waals surface area contributed by atoms with Crippen molar-refractivity contribution in [2.45, 2.75) is 69.6 Å². The van der Waals surface area contributed by atoms with E-state index in [0.717, 1.165) is 24.2 Å². The van der Waals surface area contributed by atoms with Crippen LogP contribution in [0.2, 0.25) is 0 Å². The Morgan fingerprint density at radius 1 is 1.00 bits per heavy atom. The van der Waals surface area contributed by atoms with Gasteiger partial charge in [-0.1, -0.05) is 12.8 Å². The highest BCUT2D eigenvalue weighted by atomic mass is 15.3. The zero-order valence-electron chi connectivity index (χ0n) is 12.1. The molecule has 3 nitrogen and oxygen atoms in total. The predicted molar refractivity (Wildman–Crippen MR) is 75.9 cm³/mol. The van der Waals surface area contributed by atoms with Gasteiger partial charge in [0.2, 0.25) is 0 Å². The van der Waals surface area contributed by atoms with Crippen molar-refractivity contribution >= 4 is 0 Å². The first-order valence-corrected chi connectivity index (χ1v) is 7.96. The van der Waals surface area contributed by atoms with Crippen LogP contribution in [0, 0.1) is 0 Å². The zero-order chi connectivity index (χ0) is 12.5. The Balaban J connectivity index is 1.68. The Hall–Kier alpha value is -0.120. The number of hydrogen-bond donors (Lipinski definition) is 1. The van der Waals surface area contributed by atoms with E-state index in [0.29, 0.717) is 0 Å². The molecule has 104 valence electrons. The molecule has 0 aromatic carbocycles. The molecule has 1 aliphatic carbocycles. The van der Waals surface area contributed by atoms with Gasteiger partial charge in [0.15, 0.2) is 0 Å². The molecule has 1 saturated carbocycles. The average molecular weight is 251 g/mol. The third-order valence-corrected chi connectivity index (χ3v) is 5.51. The van der Waals surface area contributed by atoms with E-state index in [1.165, 1.54) is 58.2 Å². The summed E-state index contributed by atoms with van der Waals surface area (Å²) in [6.45, 7) is 6.42. The first-order valence-electron chi connectivity index (χ1n) is 7.96. The van der Waals surface area contributed by atoms with Crippen molar-refractivity contribution in [1.82, 2.24) is 15.1 Å². The molecule has 0 bridgehead atoms. The third-order valence-electron chi connectivity index (χ3n) is 5.51. The SMILES string of the molecule is CNC1CCCC1N1CC2CCCCN2CC1C. The Kier molecular flexibility index (Phi) is 3.92. The van der Waals surface area contributed by atoms with Crippen molar-refractivity contribution in [1.29, 1.82) is 0 Å². The molecule has 4 atom stereocenters. The minimum Gasteiger partial charge on any atom is -0.315 e. The molecular weight excluding hydrogens is 222 g/mol. The number of hydrogen-bond acceptors (Lipinski definition) is 3. The Morgan fingerprint density at radius 3 is 2.72 bits per heavy atom. The fourth-order valence-corrected chi connectivity index (χ4v) is 4.51. The van der Waals surface area contributed by atoms with E-state index in [1.54, 1.807) is 0 Å². The normalized spacial score (nSPS) is 43.0. The van der Waals surface area contributed by atoms with Crippen LogP contribution in [0.1, 0.15) is 45.4 Å².